The lowest BCUT2D eigenvalue weighted by molar-refractivity contribution is 0.0995. The van der Waals surface area contributed by atoms with Crippen LogP contribution in [0, 0.1) is 12.3 Å². The van der Waals surface area contributed by atoms with Crippen LogP contribution < -0.4 is 15.8 Å². The standard InChI is InChI=1S/C23H17N5O2/c1-2-15-4-3-5-18(10-15)27-23-26-13-17-12-19(6-7-20(17)28-23)30-14-16-8-9-25-21(11-16)22(24)29/h1,3-13H,14H2,(H2,24,29)(H,26,27,28). The highest BCUT2D eigenvalue weighted by Crippen LogP contribution is 2.22. The molecule has 7 heteroatoms. The molecule has 2 aromatic carbocycles. The average molecular weight is 395 g/mol. The normalized spacial score (nSPS) is 10.4. The zero-order chi connectivity index (χ0) is 20.9. The van der Waals surface area contributed by atoms with Gasteiger partial charge in [0, 0.05) is 29.0 Å². The molecule has 0 spiro atoms. The van der Waals surface area contributed by atoms with Crippen LogP contribution in [0.3, 0.4) is 0 Å². The van der Waals surface area contributed by atoms with Crippen molar-refractivity contribution in [3.63, 3.8) is 0 Å². The van der Waals surface area contributed by atoms with Crippen molar-refractivity contribution in [2.45, 2.75) is 6.61 Å². The quantitative estimate of drug-likeness (QED) is 0.485. The van der Waals surface area contributed by atoms with Gasteiger partial charge in [-0.2, -0.15) is 0 Å². The van der Waals surface area contributed by atoms with E-state index in [9.17, 15) is 4.79 Å². The van der Waals surface area contributed by atoms with E-state index in [2.05, 4.69) is 26.2 Å². The van der Waals surface area contributed by atoms with Gasteiger partial charge in [0.25, 0.3) is 5.91 Å². The van der Waals surface area contributed by atoms with E-state index in [0.29, 0.717) is 11.7 Å². The van der Waals surface area contributed by atoms with Crippen molar-refractivity contribution in [1.82, 2.24) is 15.0 Å². The van der Waals surface area contributed by atoms with Crippen LogP contribution in [0.1, 0.15) is 21.6 Å². The van der Waals surface area contributed by atoms with Gasteiger partial charge in [-0.25, -0.2) is 9.97 Å². The van der Waals surface area contributed by atoms with Crippen molar-refractivity contribution in [2.75, 3.05) is 5.32 Å². The zero-order valence-electron chi connectivity index (χ0n) is 15.9. The molecular weight excluding hydrogens is 378 g/mol. The Balaban J connectivity index is 1.48. The molecule has 0 fully saturated rings. The maximum atomic E-state index is 11.2. The fourth-order valence-electron chi connectivity index (χ4n) is 2.84. The van der Waals surface area contributed by atoms with Gasteiger partial charge in [-0.15, -0.1) is 6.42 Å². The minimum Gasteiger partial charge on any atom is -0.489 e. The first kappa shape index (κ1) is 18.9. The van der Waals surface area contributed by atoms with E-state index in [1.54, 1.807) is 18.3 Å². The number of primary amides is 1. The number of anilines is 2. The van der Waals surface area contributed by atoms with E-state index in [1.807, 2.05) is 42.5 Å². The van der Waals surface area contributed by atoms with Gasteiger partial charge in [0.15, 0.2) is 0 Å². The number of ether oxygens (including phenoxy) is 1. The van der Waals surface area contributed by atoms with Crippen molar-refractivity contribution in [3.05, 3.63) is 83.8 Å². The Kier molecular flexibility index (Phi) is 5.22. The number of carbonyl (C=O) groups excluding carboxylic acids is 1. The molecule has 2 aromatic heterocycles. The van der Waals surface area contributed by atoms with E-state index in [1.165, 1.54) is 6.20 Å². The molecule has 0 aliphatic rings. The van der Waals surface area contributed by atoms with E-state index in [-0.39, 0.29) is 12.3 Å². The number of nitrogens with two attached hydrogens (primary N) is 1. The topological polar surface area (TPSA) is 103 Å². The number of rotatable bonds is 6. The highest BCUT2D eigenvalue weighted by Gasteiger charge is 2.06. The average Bonchev–Trinajstić information content (AvgIpc) is 2.78. The summed E-state index contributed by atoms with van der Waals surface area (Å²) in [6.07, 6.45) is 8.69. The van der Waals surface area contributed by atoms with Gasteiger partial charge in [0.05, 0.1) is 5.52 Å². The third-order valence-corrected chi connectivity index (χ3v) is 4.32. The lowest BCUT2D eigenvalue weighted by atomic mass is 10.2. The van der Waals surface area contributed by atoms with Crippen LogP contribution >= 0.6 is 0 Å². The SMILES string of the molecule is C#Cc1cccc(Nc2ncc3cc(OCc4ccnc(C(N)=O)c4)ccc3n2)c1. The minimum absolute atomic E-state index is 0.204. The number of hydrogen-bond donors (Lipinski definition) is 2. The summed E-state index contributed by atoms with van der Waals surface area (Å²) >= 11 is 0. The molecule has 0 saturated heterocycles. The summed E-state index contributed by atoms with van der Waals surface area (Å²) in [7, 11) is 0. The van der Waals surface area contributed by atoms with Gasteiger partial charge < -0.3 is 15.8 Å². The highest BCUT2D eigenvalue weighted by atomic mass is 16.5. The first-order valence-corrected chi connectivity index (χ1v) is 9.09. The molecule has 4 aromatic rings. The first-order chi connectivity index (χ1) is 14.6. The number of pyridine rings is 1. The summed E-state index contributed by atoms with van der Waals surface area (Å²) in [6.45, 7) is 0.278. The monoisotopic (exact) mass is 395 g/mol. The van der Waals surface area contributed by atoms with E-state index < -0.39 is 5.91 Å². The molecule has 7 nitrogen and oxygen atoms in total. The Hall–Kier alpha value is -4.44. The minimum atomic E-state index is -0.574. The molecular formula is C23H17N5O2. The summed E-state index contributed by atoms with van der Waals surface area (Å²) in [4.78, 5) is 24.0. The number of terminal acetylenes is 1. The lowest BCUT2D eigenvalue weighted by Crippen LogP contribution is -2.13. The van der Waals surface area contributed by atoms with Gasteiger partial charge in [0.2, 0.25) is 5.95 Å². The van der Waals surface area contributed by atoms with E-state index in [0.717, 1.165) is 27.7 Å². The van der Waals surface area contributed by atoms with Gasteiger partial charge in [-0.3, -0.25) is 9.78 Å². The summed E-state index contributed by atoms with van der Waals surface area (Å²) in [5.74, 6) is 3.16. The predicted molar refractivity (Wildman–Crippen MR) is 114 cm³/mol. The second-order valence-electron chi connectivity index (χ2n) is 6.47. The van der Waals surface area contributed by atoms with Crippen LogP contribution in [0.25, 0.3) is 10.9 Å². The maximum Gasteiger partial charge on any atom is 0.267 e. The van der Waals surface area contributed by atoms with Gasteiger partial charge in [-0.05, 0) is 54.1 Å². The molecule has 4 rings (SSSR count). The number of benzene rings is 2. The van der Waals surface area contributed by atoms with Gasteiger partial charge in [0.1, 0.15) is 18.1 Å². The number of carbonyl (C=O) groups is 1. The Morgan fingerprint density at radius 2 is 2.03 bits per heavy atom. The number of nitrogens with zero attached hydrogens (tertiary/aromatic N) is 3. The largest absolute Gasteiger partial charge is 0.489 e. The summed E-state index contributed by atoms with van der Waals surface area (Å²) in [6, 6.07) is 16.4. The van der Waals surface area contributed by atoms with Crippen LogP contribution in [0.2, 0.25) is 0 Å². The number of amides is 1. The number of fused-ring (bicyclic) bond motifs is 1. The lowest BCUT2D eigenvalue weighted by Gasteiger charge is -2.09. The molecule has 30 heavy (non-hydrogen) atoms. The zero-order valence-corrected chi connectivity index (χ0v) is 15.9. The summed E-state index contributed by atoms with van der Waals surface area (Å²) < 4.78 is 5.82. The van der Waals surface area contributed by atoms with E-state index in [4.69, 9.17) is 16.9 Å². The predicted octanol–water partition coefficient (Wildman–Crippen LogP) is 3.43. The molecule has 0 aliphatic carbocycles. The Morgan fingerprint density at radius 1 is 1.13 bits per heavy atom. The molecule has 0 atom stereocenters. The van der Waals surface area contributed by atoms with Crippen LogP contribution in [0.4, 0.5) is 11.6 Å². The van der Waals surface area contributed by atoms with Crippen molar-refractivity contribution >= 4 is 28.4 Å². The van der Waals surface area contributed by atoms with Gasteiger partial charge in [-0.1, -0.05) is 12.0 Å². The molecule has 0 saturated carbocycles. The van der Waals surface area contributed by atoms with Gasteiger partial charge >= 0.3 is 0 Å². The Bertz CT molecular complexity index is 1280. The van der Waals surface area contributed by atoms with Crippen LogP contribution in [-0.2, 0) is 6.61 Å². The Labute approximate surface area is 173 Å². The molecule has 146 valence electrons. The number of nitrogens with one attached hydrogen (secondary N) is 1. The molecule has 1 amide bonds. The molecule has 0 radical (unpaired) electrons. The van der Waals surface area contributed by atoms with Crippen molar-refractivity contribution in [3.8, 4) is 18.1 Å². The number of aromatic nitrogens is 3. The second kappa shape index (κ2) is 8.29. The summed E-state index contributed by atoms with van der Waals surface area (Å²) in [5.41, 5.74) is 8.62. The fraction of sp³-hybridized carbons (Fsp3) is 0.0435. The molecule has 2 heterocycles. The Morgan fingerprint density at radius 3 is 2.87 bits per heavy atom. The molecule has 3 N–H and O–H groups in total. The third kappa shape index (κ3) is 4.34. The van der Waals surface area contributed by atoms with Crippen LogP contribution in [-0.4, -0.2) is 20.9 Å². The molecule has 0 unspecified atom stereocenters. The first-order valence-electron chi connectivity index (χ1n) is 9.09. The van der Waals surface area contributed by atoms with Crippen molar-refractivity contribution < 1.29 is 9.53 Å². The number of hydrogen-bond acceptors (Lipinski definition) is 6. The van der Waals surface area contributed by atoms with Crippen LogP contribution in [0.5, 0.6) is 5.75 Å². The van der Waals surface area contributed by atoms with Crippen molar-refractivity contribution in [2.24, 2.45) is 5.73 Å². The fourth-order valence-corrected chi connectivity index (χ4v) is 2.84. The second-order valence-corrected chi connectivity index (χ2v) is 6.47. The third-order valence-electron chi connectivity index (χ3n) is 4.32. The highest BCUT2D eigenvalue weighted by molar-refractivity contribution is 5.90. The van der Waals surface area contributed by atoms with E-state index >= 15 is 0 Å². The summed E-state index contributed by atoms with van der Waals surface area (Å²) in [5, 5.41) is 3.99. The molecule has 0 bridgehead atoms. The molecule has 0 aliphatic heterocycles. The maximum absolute atomic E-state index is 11.2. The van der Waals surface area contributed by atoms with Crippen LogP contribution in [0.15, 0.2) is 67.0 Å². The smallest absolute Gasteiger partial charge is 0.267 e. The van der Waals surface area contributed by atoms with Crippen molar-refractivity contribution in [1.29, 1.82) is 0 Å².